The molecule has 82 valence electrons. The van der Waals surface area contributed by atoms with Crippen LogP contribution in [0.3, 0.4) is 0 Å². The highest BCUT2D eigenvalue weighted by Crippen LogP contribution is 2.25. The summed E-state index contributed by atoms with van der Waals surface area (Å²) in [6.07, 6.45) is 0.349. The fourth-order valence-corrected chi connectivity index (χ4v) is 1.66. The Bertz CT molecular complexity index is 361. The molecule has 0 aliphatic carbocycles. The van der Waals surface area contributed by atoms with Crippen LogP contribution in [0.2, 0.25) is 0 Å². The standard InChI is InChI=1S/C11H14FNO2/c1-3-11(13-2,10(14)15)8-5-4-6-9(12)7-8/h4-7,13H,3H2,1-2H3,(H,14,15). The van der Waals surface area contributed by atoms with Crippen molar-refractivity contribution in [2.75, 3.05) is 7.05 Å². The zero-order chi connectivity index (χ0) is 11.5. The lowest BCUT2D eigenvalue weighted by atomic mass is 9.87. The number of carboxylic acid groups (broad SMARTS) is 1. The Balaban J connectivity index is 3.26. The van der Waals surface area contributed by atoms with Crippen LogP contribution in [0, 0.1) is 5.82 Å². The van der Waals surface area contributed by atoms with Crippen molar-refractivity contribution in [3.8, 4) is 0 Å². The maximum absolute atomic E-state index is 13.0. The third-order valence-electron chi connectivity index (χ3n) is 2.64. The molecular formula is C11H14FNO2. The first kappa shape index (κ1) is 11.7. The molecule has 0 aliphatic rings. The van der Waals surface area contributed by atoms with Crippen LogP contribution >= 0.6 is 0 Å². The number of carboxylic acids is 1. The predicted molar refractivity (Wildman–Crippen MR) is 55.1 cm³/mol. The zero-order valence-electron chi connectivity index (χ0n) is 8.75. The molecule has 0 radical (unpaired) electrons. The van der Waals surface area contributed by atoms with Gasteiger partial charge in [0.2, 0.25) is 0 Å². The van der Waals surface area contributed by atoms with Crippen LogP contribution in [0.25, 0.3) is 0 Å². The molecule has 0 bridgehead atoms. The molecule has 1 atom stereocenters. The van der Waals surface area contributed by atoms with Crippen molar-refractivity contribution in [2.24, 2.45) is 0 Å². The molecule has 4 heteroatoms. The summed E-state index contributed by atoms with van der Waals surface area (Å²) in [5.74, 6) is -1.43. The number of carbonyl (C=O) groups is 1. The minimum absolute atomic E-state index is 0.349. The van der Waals surface area contributed by atoms with E-state index in [1.165, 1.54) is 18.2 Å². The van der Waals surface area contributed by atoms with Crippen molar-refractivity contribution < 1.29 is 14.3 Å². The molecule has 0 aliphatic heterocycles. The van der Waals surface area contributed by atoms with Crippen molar-refractivity contribution in [1.29, 1.82) is 0 Å². The van der Waals surface area contributed by atoms with Crippen molar-refractivity contribution in [2.45, 2.75) is 18.9 Å². The van der Waals surface area contributed by atoms with Crippen molar-refractivity contribution in [3.05, 3.63) is 35.6 Å². The fourth-order valence-electron chi connectivity index (χ4n) is 1.66. The second kappa shape index (κ2) is 4.40. The van der Waals surface area contributed by atoms with E-state index in [-0.39, 0.29) is 0 Å². The average Bonchev–Trinajstić information content (AvgIpc) is 2.20. The summed E-state index contributed by atoms with van der Waals surface area (Å²) in [5.41, 5.74) is -0.776. The summed E-state index contributed by atoms with van der Waals surface area (Å²) in [7, 11) is 1.56. The highest BCUT2D eigenvalue weighted by molar-refractivity contribution is 5.80. The molecule has 0 amide bonds. The Morgan fingerprint density at radius 2 is 2.27 bits per heavy atom. The summed E-state index contributed by atoms with van der Waals surface area (Å²) >= 11 is 0. The van der Waals surface area contributed by atoms with Crippen LogP contribution in [0.5, 0.6) is 0 Å². The molecule has 0 aromatic heterocycles. The number of aliphatic carboxylic acids is 1. The normalized spacial score (nSPS) is 14.6. The van der Waals surface area contributed by atoms with Gasteiger partial charge in [-0.25, -0.2) is 9.18 Å². The van der Waals surface area contributed by atoms with Gasteiger partial charge >= 0.3 is 5.97 Å². The second-order valence-electron chi connectivity index (χ2n) is 3.32. The fraction of sp³-hybridized carbons (Fsp3) is 0.364. The number of likely N-dealkylation sites (N-methyl/N-ethyl adjacent to an activating group) is 1. The maximum Gasteiger partial charge on any atom is 0.328 e. The lowest BCUT2D eigenvalue weighted by Gasteiger charge is -2.28. The van der Waals surface area contributed by atoms with Gasteiger partial charge in [0.15, 0.2) is 0 Å². The molecule has 1 rings (SSSR count). The third-order valence-corrected chi connectivity index (χ3v) is 2.64. The molecule has 1 unspecified atom stereocenters. The number of benzene rings is 1. The highest BCUT2D eigenvalue weighted by atomic mass is 19.1. The van der Waals surface area contributed by atoms with E-state index in [4.69, 9.17) is 0 Å². The van der Waals surface area contributed by atoms with Gasteiger partial charge in [0.25, 0.3) is 0 Å². The van der Waals surface area contributed by atoms with Crippen molar-refractivity contribution in [3.63, 3.8) is 0 Å². The van der Waals surface area contributed by atoms with E-state index < -0.39 is 17.3 Å². The maximum atomic E-state index is 13.0. The average molecular weight is 211 g/mol. The van der Waals surface area contributed by atoms with Gasteiger partial charge in [0.1, 0.15) is 11.4 Å². The first-order valence-electron chi connectivity index (χ1n) is 4.75. The quantitative estimate of drug-likeness (QED) is 0.797. The van der Waals surface area contributed by atoms with Crippen LogP contribution < -0.4 is 5.32 Å². The summed E-state index contributed by atoms with van der Waals surface area (Å²) in [5, 5.41) is 11.9. The molecule has 0 saturated carbocycles. The Morgan fingerprint density at radius 3 is 2.67 bits per heavy atom. The molecule has 1 aromatic rings. The molecule has 2 N–H and O–H groups in total. The van der Waals surface area contributed by atoms with Crippen molar-refractivity contribution >= 4 is 5.97 Å². The summed E-state index contributed by atoms with van der Waals surface area (Å²) < 4.78 is 13.0. The van der Waals surface area contributed by atoms with Gasteiger partial charge in [-0.15, -0.1) is 0 Å². The van der Waals surface area contributed by atoms with E-state index in [1.54, 1.807) is 20.0 Å². The van der Waals surface area contributed by atoms with E-state index >= 15 is 0 Å². The first-order valence-corrected chi connectivity index (χ1v) is 4.75. The predicted octanol–water partition coefficient (Wildman–Crippen LogP) is 1.73. The molecule has 0 saturated heterocycles. The summed E-state index contributed by atoms with van der Waals surface area (Å²) in [6.45, 7) is 1.75. The Kier molecular flexibility index (Phi) is 3.42. The van der Waals surface area contributed by atoms with E-state index in [9.17, 15) is 14.3 Å². The number of hydrogen-bond donors (Lipinski definition) is 2. The van der Waals surface area contributed by atoms with Gasteiger partial charge in [0.05, 0.1) is 0 Å². The monoisotopic (exact) mass is 211 g/mol. The minimum Gasteiger partial charge on any atom is -0.480 e. The topological polar surface area (TPSA) is 49.3 Å². The van der Waals surface area contributed by atoms with Crippen LogP contribution in [-0.2, 0) is 10.3 Å². The summed E-state index contributed by atoms with van der Waals surface area (Å²) in [6, 6.07) is 5.65. The minimum atomic E-state index is -1.21. The molecule has 0 fully saturated rings. The first-order chi connectivity index (χ1) is 7.06. The SMILES string of the molecule is CCC(NC)(C(=O)O)c1cccc(F)c1. The van der Waals surface area contributed by atoms with E-state index in [2.05, 4.69) is 5.32 Å². The van der Waals surface area contributed by atoms with Crippen LogP contribution in [-0.4, -0.2) is 18.1 Å². The largest absolute Gasteiger partial charge is 0.480 e. The van der Waals surface area contributed by atoms with Gasteiger partial charge in [0, 0.05) is 0 Å². The van der Waals surface area contributed by atoms with Crippen molar-refractivity contribution in [1.82, 2.24) is 5.32 Å². The smallest absolute Gasteiger partial charge is 0.328 e. The van der Waals surface area contributed by atoms with Gasteiger partial charge in [-0.3, -0.25) is 0 Å². The Morgan fingerprint density at radius 1 is 1.60 bits per heavy atom. The van der Waals surface area contributed by atoms with E-state index in [1.807, 2.05) is 0 Å². The molecule has 15 heavy (non-hydrogen) atoms. The Labute approximate surface area is 87.9 Å². The van der Waals surface area contributed by atoms with E-state index in [0.29, 0.717) is 12.0 Å². The van der Waals surface area contributed by atoms with E-state index in [0.717, 1.165) is 0 Å². The highest BCUT2D eigenvalue weighted by Gasteiger charge is 2.37. The molecule has 3 nitrogen and oxygen atoms in total. The molecule has 0 spiro atoms. The molecule has 1 aromatic carbocycles. The zero-order valence-corrected chi connectivity index (χ0v) is 8.75. The molecule has 0 heterocycles. The van der Waals surface area contributed by atoms with Gasteiger partial charge in [-0.2, -0.15) is 0 Å². The number of nitrogens with one attached hydrogen (secondary N) is 1. The number of hydrogen-bond acceptors (Lipinski definition) is 2. The molecular weight excluding hydrogens is 197 g/mol. The van der Waals surface area contributed by atoms with Gasteiger partial charge in [-0.1, -0.05) is 19.1 Å². The van der Waals surface area contributed by atoms with Crippen LogP contribution in [0.15, 0.2) is 24.3 Å². The van der Waals surface area contributed by atoms with Crippen LogP contribution in [0.4, 0.5) is 4.39 Å². The lowest BCUT2D eigenvalue weighted by Crippen LogP contribution is -2.46. The van der Waals surface area contributed by atoms with Crippen LogP contribution in [0.1, 0.15) is 18.9 Å². The summed E-state index contributed by atoms with van der Waals surface area (Å²) in [4.78, 5) is 11.2. The number of halogens is 1. The van der Waals surface area contributed by atoms with Gasteiger partial charge in [-0.05, 0) is 31.2 Å². The number of rotatable bonds is 4. The lowest BCUT2D eigenvalue weighted by molar-refractivity contribution is -0.145. The third kappa shape index (κ3) is 1.99. The Hall–Kier alpha value is -1.42. The second-order valence-corrected chi connectivity index (χ2v) is 3.32. The van der Waals surface area contributed by atoms with Gasteiger partial charge < -0.3 is 10.4 Å².